The van der Waals surface area contributed by atoms with E-state index in [2.05, 4.69) is 15.5 Å². The summed E-state index contributed by atoms with van der Waals surface area (Å²) in [6.07, 6.45) is 0. The number of nitrogens with zero attached hydrogens (tertiary/aromatic N) is 2. The summed E-state index contributed by atoms with van der Waals surface area (Å²) in [4.78, 5) is 16.2. The molecule has 0 fully saturated rings. The molecular formula is C17H12FN3O4. The number of hydrogen-bond donors (Lipinski definition) is 1. The highest BCUT2D eigenvalue weighted by Crippen LogP contribution is 2.35. The third kappa shape index (κ3) is 3.01. The number of ether oxygens (including phenoxy) is 2. The maximum absolute atomic E-state index is 13.6. The molecule has 0 radical (unpaired) electrons. The topological polar surface area (TPSA) is 86.5 Å². The second-order valence-electron chi connectivity index (χ2n) is 5.27. The fourth-order valence-electron chi connectivity index (χ4n) is 2.36. The fourth-order valence-corrected chi connectivity index (χ4v) is 2.36. The Morgan fingerprint density at radius 2 is 2.00 bits per heavy atom. The zero-order valence-electron chi connectivity index (χ0n) is 12.9. The van der Waals surface area contributed by atoms with E-state index < -0.39 is 11.7 Å². The standard InChI is InChI=1S/C17H12FN3O4/c18-12-4-2-1-3-11(12)8-19-16(22)15-20-17(25-21-15)10-5-6-13-14(7-10)24-9-23-13/h1-7H,8-9H2,(H,19,22). The van der Waals surface area contributed by atoms with Gasteiger partial charge in [0.15, 0.2) is 11.5 Å². The van der Waals surface area contributed by atoms with Crippen LogP contribution in [-0.2, 0) is 6.54 Å². The van der Waals surface area contributed by atoms with Gasteiger partial charge in [-0.15, -0.1) is 0 Å². The summed E-state index contributed by atoms with van der Waals surface area (Å²) >= 11 is 0. The maximum Gasteiger partial charge on any atom is 0.292 e. The summed E-state index contributed by atoms with van der Waals surface area (Å²) in [5.41, 5.74) is 0.972. The largest absolute Gasteiger partial charge is 0.454 e. The molecule has 0 saturated heterocycles. The molecule has 1 N–H and O–H groups in total. The van der Waals surface area contributed by atoms with Gasteiger partial charge in [0.1, 0.15) is 5.82 Å². The lowest BCUT2D eigenvalue weighted by Crippen LogP contribution is -2.24. The summed E-state index contributed by atoms with van der Waals surface area (Å²) in [7, 11) is 0. The first-order chi connectivity index (χ1) is 12.2. The lowest BCUT2D eigenvalue weighted by atomic mass is 10.2. The van der Waals surface area contributed by atoms with Crippen LogP contribution in [0.5, 0.6) is 11.5 Å². The molecule has 25 heavy (non-hydrogen) atoms. The van der Waals surface area contributed by atoms with Gasteiger partial charge in [0.25, 0.3) is 17.6 Å². The lowest BCUT2D eigenvalue weighted by molar-refractivity contribution is 0.0937. The Hall–Kier alpha value is -3.42. The molecule has 0 unspecified atom stereocenters. The fraction of sp³-hybridized carbons (Fsp3) is 0.118. The molecule has 1 aliphatic heterocycles. The number of benzene rings is 2. The molecule has 1 aromatic heterocycles. The van der Waals surface area contributed by atoms with Crippen molar-refractivity contribution < 1.29 is 23.2 Å². The van der Waals surface area contributed by atoms with Gasteiger partial charge in [-0.05, 0) is 24.3 Å². The number of rotatable bonds is 4. The number of carbonyl (C=O) groups is 1. The second kappa shape index (κ2) is 6.23. The van der Waals surface area contributed by atoms with Gasteiger partial charge in [0.05, 0.1) is 0 Å². The van der Waals surface area contributed by atoms with Crippen LogP contribution in [0.25, 0.3) is 11.5 Å². The van der Waals surface area contributed by atoms with E-state index in [1.165, 1.54) is 6.07 Å². The quantitative estimate of drug-likeness (QED) is 0.785. The highest BCUT2D eigenvalue weighted by molar-refractivity contribution is 5.90. The van der Waals surface area contributed by atoms with E-state index >= 15 is 0 Å². The molecule has 1 aliphatic rings. The molecule has 0 spiro atoms. The minimum Gasteiger partial charge on any atom is -0.454 e. The van der Waals surface area contributed by atoms with Crippen molar-refractivity contribution in [2.24, 2.45) is 0 Å². The van der Waals surface area contributed by atoms with Crippen molar-refractivity contribution in [2.75, 3.05) is 6.79 Å². The minimum atomic E-state index is -0.556. The Morgan fingerprint density at radius 1 is 1.16 bits per heavy atom. The van der Waals surface area contributed by atoms with Gasteiger partial charge in [0, 0.05) is 17.7 Å². The highest BCUT2D eigenvalue weighted by atomic mass is 19.1. The number of fused-ring (bicyclic) bond motifs is 1. The summed E-state index contributed by atoms with van der Waals surface area (Å²) in [6, 6.07) is 11.3. The SMILES string of the molecule is O=C(NCc1ccccc1F)c1noc(-c2ccc3c(c2)OCO3)n1. The van der Waals surface area contributed by atoms with Crippen LogP contribution in [0.15, 0.2) is 47.0 Å². The van der Waals surface area contributed by atoms with Crippen LogP contribution in [0.3, 0.4) is 0 Å². The smallest absolute Gasteiger partial charge is 0.292 e. The molecule has 8 heteroatoms. The van der Waals surface area contributed by atoms with Crippen LogP contribution in [0.1, 0.15) is 16.2 Å². The third-order valence-corrected chi connectivity index (χ3v) is 3.65. The van der Waals surface area contributed by atoms with E-state index in [1.807, 2.05) is 0 Å². The van der Waals surface area contributed by atoms with Crippen molar-refractivity contribution in [3.8, 4) is 23.0 Å². The van der Waals surface area contributed by atoms with Gasteiger partial charge in [0.2, 0.25) is 6.79 Å². The average molecular weight is 341 g/mol. The predicted octanol–water partition coefficient (Wildman–Crippen LogP) is 2.53. The molecule has 3 aromatic rings. The monoisotopic (exact) mass is 341 g/mol. The number of carbonyl (C=O) groups excluding carboxylic acids is 1. The summed E-state index contributed by atoms with van der Waals surface area (Å²) in [5.74, 6) is 0.293. The lowest BCUT2D eigenvalue weighted by Gasteiger charge is -2.03. The van der Waals surface area contributed by atoms with Gasteiger partial charge < -0.3 is 19.3 Å². The third-order valence-electron chi connectivity index (χ3n) is 3.65. The molecular weight excluding hydrogens is 329 g/mol. The first-order valence-electron chi connectivity index (χ1n) is 7.46. The summed E-state index contributed by atoms with van der Waals surface area (Å²) in [5, 5.41) is 6.21. The maximum atomic E-state index is 13.6. The van der Waals surface area contributed by atoms with Gasteiger partial charge in [-0.3, -0.25) is 4.79 Å². The van der Waals surface area contributed by atoms with E-state index in [0.29, 0.717) is 22.6 Å². The van der Waals surface area contributed by atoms with E-state index in [4.69, 9.17) is 14.0 Å². The molecule has 4 rings (SSSR count). The summed E-state index contributed by atoms with van der Waals surface area (Å²) < 4.78 is 29.2. The number of aromatic nitrogens is 2. The molecule has 0 saturated carbocycles. The van der Waals surface area contributed by atoms with E-state index in [9.17, 15) is 9.18 Å². The number of amides is 1. The molecule has 126 valence electrons. The molecule has 2 heterocycles. The van der Waals surface area contributed by atoms with Crippen molar-refractivity contribution in [1.82, 2.24) is 15.5 Å². The van der Waals surface area contributed by atoms with Crippen LogP contribution in [0.4, 0.5) is 4.39 Å². The first-order valence-corrected chi connectivity index (χ1v) is 7.46. The number of nitrogens with one attached hydrogen (secondary N) is 1. The van der Waals surface area contributed by atoms with Crippen LogP contribution < -0.4 is 14.8 Å². The zero-order valence-corrected chi connectivity index (χ0v) is 12.9. The first kappa shape index (κ1) is 15.1. The van der Waals surface area contributed by atoms with Crippen molar-refractivity contribution >= 4 is 5.91 Å². The van der Waals surface area contributed by atoms with Crippen LogP contribution >= 0.6 is 0 Å². The van der Waals surface area contributed by atoms with Crippen molar-refractivity contribution in [3.63, 3.8) is 0 Å². The Balaban J connectivity index is 1.47. The number of halogens is 1. The second-order valence-corrected chi connectivity index (χ2v) is 5.27. The Morgan fingerprint density at radius 3 is 2.88 bits per heavy atom. The zero-order chi connectivity index (χ0) is 17.2. The molecule has 1 amide bonds. The van der Waals surface area contributed by atoms with Crippen molar-refractivity contribution in [3.05, 3.63) is 59.7 Å². The molecule has 0 atom stereocenters. The van der Waals surface area contributed by atoms with Crippen LogP contribution in [-0.4, -0.2) is 22.8 Å². The van der Waals surface area contributed by atoms with Crippen molar-refractivity contribution in [1.29, 1.82) is 0 Å². The predicted molar refractivity (Wildman–Crippen MR) is 83.4 cm³/mol. The summed E-state index contributed by atoms with van der Waals surface area (Å²) in [6.45, 7) is 0.186. The van der Waals surface area contributed by atoms with Gasteiger partial charge in [-0.1, -0.05) is 23.4 Å². The van der Waals surface area contributed by atoms with E-state index in [-0.39, 0.29) is 25.1 Å². The normalized spacial score (nSPS) is 12.2. The van der Waals surface area contributed by atoms with Gasteiger partial charge in [-0.2, -0.15) is 4.98 Å². The highest BCUT2D eigenvalue weighted by Gasteiger charge is 2.19. The van der Waals surface area contributed by atoms with E-state index in [1.54, 1.807) is 36.4 Å². The molecule has 7 nitrogen and oxygen atoms in total. The minimum absolute atomic E-state index is 0.0272. The Kier molecular flexibility index (Phi) is 3.77. The van der Waals surface area contributed by atoms with Crippen LogP contribution in [0.2, 0.25) is 0 Å². The molecule has 0 aliphatic carbocycles. The van der Waals surface area contributed by atoms with Gasteiger partial charge >= 0.3 is 0 Å². The molecule has 0 bridgehead atoms. The Labute approximate surface area is 141 Å². The van der Waals surface area contributed by atoms with Crippen LogP contribution in [0, 0.1) is 5.82 Å². The number of hydrogen-bond acceptors (Lipinski definition) is 6. The average Bonchev–Trinajstić information content (AvgIpc) is 3.29. The van der Waals surface area contributed by atoms with Crippen molar-refractivity contribution in [2.45, 2.75) is 6.54 Å². The van der Waals surface area contributed by atoms with Gasteiger partial charge in [-0.25, -0.2) is 4.39 Å². The molecule has 2 aromatic carbocycles. The van der Waals surface area contributed by atoms with E-state index in [0.717, 1.165) is 0 Å². The Bertz CT molecular complexity index is 941.